The van der Waals surface area contributed by atoms with Crippen LogP contribution in [0, 0.1) is 0 Å². The molecule has 0 aliphatic carbocycles. The van der Waals surface area contributed by atoms with Gasteiger partial charge in [0.2, 0.25) is 0 Å². The van der Waals surface area contributed by atoms with Gasteiger partial charge in [0.15, 0.2) is 5.78 Å². The number of halogens is 1. The molecule has 3 aromatic rings. The van der Waals surface area contributed by atoms with E-state index >= 15 is 0 Å². The van der Waals surface area contributed by atoms with Crippen molar-refractivity contribution in [2.75, 3.05) is 5.88 Å². The molecule has 0 radical (unpaired) electrons. The van der Waals surface area contributed by atoms with Crippen molar-refractivity contribution < 1.29 is 4.79 Å². The Kier molecular flexibility index (Phi) is 6.34. The largest absolute Gasteiger partial charge is 0.296 e. The number of hydrogen-bond acceptors (Lipinski definition) is 2. The fourth-order valence-electron chi connectivity index (χ4n) is 2.82. The number of carbonyl (C=O) groups excluding carboxylic acids is 1. The van der Waals surface area contributed by atoms with Crippen LogP contribution in [0.3, 0.4) is 0 Å². The lowest BCUT2D eigenvalue weighted by atomic mass is 9.99. The SMILES string of the molecule is O=C(CCl)[C@H](Cc1ccccc1)N=C(c1ccccc1)c1ccccc1. The molecule has 3 rings (SSSR count). The number of hydrogen-bond donors (Lipinski definition) is 0. The second-order valence-corrected chi connectivity index (χ2v) is 6.28. The summed E-state index contributed by atoms with van der Waals surface area (Å²) in [5.74, 6) is -0.113. The predicted octanol–water partition coefficient (Wildman–Crippen LogP) is 4.94. The van der Waals surface area contributed by atoms with Gasteiger partial charge >= 0.3 is 0 Å². The van der Waals surface area contributed by atoms with E-state index in [2.05, 4.69) is 0 Å². The van der Waals surface area contributed by atoms with Gasteiger partial charge in [0.05, 0.1) is 11.6 Å². The van der Waals surface area contributed by atoms with Gasteiger partial charge in [0, 0.05) is 17.5 Å². The molecule has 0 N–H and O–H groups in total. The Morgan fingerprint density at radius 1 is 0.769 bits per heavy atom. The van der Waals surface area contributed by atoms with E-state index in [9.17, 15) is 4.79 Å². The van der Waals surface area contributed by atoms with Crippen molar-refractivity contribution in [3.8, 4) is 0 Å². The quantitative estimate of drug-likeness (QED) is 0.432. The summed E-state index contributed by atoms with van der Waals surface area (Å²) in [7, 11) is 0. The standard InChI is InChI=1S/C23H20ClNO/c24-17-22(26)21(16-18-10-4-1-5-11-18)25-23(19-12-6-2-7-13-19)20-14-8-3-9-15-20/h1-15,21H,16-17H2/t21-/m0/s1. The van der Waals surface area contributed by atoms with Crippen LogP contribution in [0.4, 0.5) is 0 Å². The number of ketones is 1. The minimum Gasteiger partial charge on any atom is -0.296 e. The van der Waals surface area contributed by atoms with E-state index in [4.69, 9.17) is 16.6 Å². The van der Waals surface area contributed by atoms with E-state index in [1.807, 2.05) is 91.0 Å². The van der Waals surface area contributed by atoms with Gasteiger partial charge in [-0.15, -0.1) is 11.6 Å². The van der Waals surface area contributed by atoms with Gasteiger partial charge in [0.1, 0.15) is 6.04 Å². The van der Waals surface area contributed by atoms with E-state index in [0.717, 1.165) is 22.4 Å². The van der Waals surface area contributed by atoms with Crippen LogP contribution < -0.4 is 0 Å². The first-order valence-electron chi connectivity index (χ1n) is 8.59. The number of Topliss-reactive ketones (excluding diaryl/α,β-unsaturated/α-hetero) is 1. The van der Waals surface area contributed by atoms with Crippen molar-refractivity contribution in [1.29, 1.82) is 0 Å². The molecule has 0 amide bonds. The van der Waals surface area contributed by atoms with E-state index in [0.29, 0.717) is 6.42 Å². The van der Waals surface area contributed by atoms with Crippen molar-refractivity contribution in [2.24, 2.45) is 4.99 Å². The van der Waals surface area contributed by atoms with Crippen LogP contribution in [0.25, 0.3) is 0 Å². The van der Waals surface area contributed by atoms with E-state index in [1.165, 1.54) is 0 Å². The molecule has 0 saturated heterocycles. The van der Waals surface area contributed by atoms with Crippen LogP contribution in [0.1, 0.15) is 16.7 Å². The van der Waals surface area contributed by atoms with Crippen molar-refractivity contribution >= 4 is 23.1 Å². The van der Waals surface area contributed by atoms with E-state index < -0.39 is 6.04 Å². The molecule has 3 heteroatoms. The predicted molar refractivity (Wildman–Crippen MR) is 108 cm³/mol. The normalized spacial score (nSPS) is 11.6. The summed E-state index contributed by atoms with van der Waals surface area (Å²) < 4.78 is 0. The molecule has 1 atom stereocenters. The Morgan fingerprint density at radius 2 is 1.23 bits per heavy atom. The van der Waals surface area contributed by atoms with Crippen LogP contribution >= 0.6 is 11.6 Å². The third-order valence-electron chi connectivity index (χ3n) is 4.15. The van der Waals surface area contributed by atoms with Gasteiger partial charge in [0.25, 0.3) is 0 Å². The number of benzene rings is 3. The molecule has 3 aromatic carbocycles. The first-order valence-corrected chi connectivity index (χ1v) is 9.12. The molecule has 0 spiro atoms. The first-order chi connectivity index (χ1) is 12.8. The number of alkyl halides is 1. The highest BCUT2D eigenvalue weighted by Gasteiger charge is 2.19. The van der Waals surface area contributed by atoms with E-state index in [1.54, 1.807) is 0 Å². The fourth-order valence-corrected chi connectivity index (χ4v) is 3.00. The molecule has 130 valence electrons. The lowest BCUT2D eigenvalue weighted by Crippen LogP contribution is -2.25. The summed E-state index contributed by atoms with van der Waals surface area (Å²) in [4.78, 5) is 17.3. The summed E-state index contributed by atoms with van der Waals surface area (Å²) in [5.41, 5.74) is 3.85. The Bertz CT molecular complexity index is 819. The summed E-state index contributed by atoms with van der Waals surface area (Å²) in [6, 6.07) is 29.3. The fraction of sp³-hybridized carbons (Fsp3) is 0.130. The lowest BCUT2D eigenvalue weighted by Gasteiger charge is -2.15. The highest BCUT2D eigenvalue weighted by Crippen LogP contribution is 2.15. The Morgan fingerprint density at radius 3 is 1.69 bits per heavy atom. The van der Waals surface area contributed by atoms with Gasteiger partial charge in [-0.05, 0) is 5.56 Å². The number of rotatable bonds is 7. The zero-order chi connectivity index (χ0) is 18.2. The van der Waals surface area contributed by atoms with E-state index in [-0.39, 0.29) is 11.7 Å². The zero-order valence-electron chi connectivity index (χ0n) is 14.4. The summed E-state index contributed by atoms with van der Waals surface area (Å²) in [6.45, 7) is 0. The van der Waals surface area contributed by atoms with Crippen LogP contribution in [-0.4, -0.2) is 23.4 Å². The Hall–Kier alpha value is -2.71. The molecule has 0 unspecified atom stereocenters. The number of carbonyl (C=O) groups is 1. The molecule has 2 nitrogen and oxygen atoms in total. The van der Waals surface area contributed by atoms with Gasteiger partial charge in [-0.2, -0.15) is 0 Å². The third-order valence-corrected chi connectivity index (χ3v) is 4.42. The average Bonchev–Trinajstić information content (AvgIpc) is 2.72. The molecule has 0 saturated carbocycles. The van der Waals surface area contributed by atoms with Crippen LogP contribution in [0.15, 0.2) is 96.0 Å². The lowest BCUT2D eigenvalue weighted by molar-refractivity contribution is -0.117. The monoisotopic (exact) mass is 361 g/mol. The first kappa shape index (κ1) is 18.1. The molecule has 0 aliphatic rings. The Balaban J connectivity index is 2.03. The van der Waals surface area contributed by atoms with Gasteiger partial charge < -0.3 is 0 Å². The van der Waals surface area contributed by atoms with Crippen LogP contribution in [0.5, 0.6) is 0 Å². The van der Waals surface area contributed by atoms with Crippen molar-refractivity contribution in [1.82, 2.24) is 0 Å². The minimum atomic E-state index is -0.509. The molecule has 0 aromatic heterocycles. The van der Waals surface area contributed by atoms with Crippen LogP contribution in [0.2, 0.25) is 0 Å². The Labute approximate surface area is 159 Å². The molecule has 0 fully saturated rings. The highest BCUT2D eigenvalue weighted by molar-refractivity contribution is 6.28. The van der Waals surface area contributed by atoms with Crippen molar-refractivity contribution in [2.45, 2.75) is 12.5 Å². The maximum absolute atomic E-state index is 12.5. The molecular weight excluding hydrogens is 342 g/mol. The van der Waals surface area contributed by atoms with Crippen LogP contribution in [-0.2, 0) is 11.2 Å². The summed E-state index contributed by atoms with van der Waals surface area (Å²) in [6.07, 6.45) is 0.537. The second kappa shape index (κ2) is 9.12. The average molecular weight is 362 g/mol. The van der Waals surface area contributed by atoms with Crippen molar-refractivity contribution in [3.63, 3.8) is 0 Å². The molecule has 26 heavy (non-hydrogen) atoms. The third kappa shape index (κ3) is 4.68. The molecule has 0 heterocycles. The van der Waals surface area contributed by atoms with Gasteiger partial charge in [-0.3, -0.25) is 9.79 Å². The summed E-state index contributed by atoms with van der Waals surface area (Å²) >= 11 is 5.87. The molecule has 0 bridgehead atoms. The van der Waals surface area contributed by atoms with Gasteiger partial charge in [-0.25, -0.2) is 0 Å². The maximum Gasteiger partial charge on any atom is 0.172 e. The zero-order valence-corrected chi connectivity index (χ0v) is 15.1. The maximum atomic E-state index is 12.5. The number of aliphatic imine (C=N–C) groups is 1. The number of nitrogens with zero attached hydrogens (tertiary/aromatic N) is 1. The highest BCUT2D eigenvalue weighted by atomic mass is 35.5. The topological polar surface area (TPSA) is 29.4 Å². The summed E-state index contributed by atoms with van der Waals surface area (Å²) in [5, 5.41) is 0. The second-order valence-electron chi connectivity index (χ2n) is 6.02. The molecule has 0 aliphatic heterocycles. The smallest absolute Gasteiger partial charge is 0.172 e. The minimum absolute atomic E-state index is 0.0438. The van der Waals surface area contributed by atoms with Gasteiger partial charge in [-0.1, -0.05) is 91.0 Å². The van der Waals surface area contributed by atoms with Crippen molar-refractivity contribution in [3.05, 3.63) is 108 Å². The molecular formula is C23H20ClNO.